The normalized spacial score (nSPS) is 15.7. The highest BCUT2D eigenvalue weighted by molar-refractivity contribution is 7.45. The number of cyclic esters (lactones) is 1. The fourth-order valence-electron chi connectivity index (χ4n) is 3.06. The molecule has 1 atom stereocenters. The van der Waals surface area contributed by atoms with Crippen molar-refractivity contribution < 1.29 is 79.2 Å². The number of ether oxygens (including phenoxy) is 5. The average Bonchev–Trinajstić information content (AvgIpc) is 3.07. The van der Waals surface area contributed by atoms with Crippen LogP contribution in [0, 0.1) is 0 Å². The van der Waals surface area contributed by atoms with Crippen LogP contribution in [0.3, 0.4) is 0 Å². The fraction of sp³-hybridized carbons (Fsp3) is 0.318. The van der Waals surface area contributed by atoms with Crippen LogP contribution in [0.15, 0.2) is 60.0 Å². The first-order valence-electron chi connectivity index (χ1n) is 10.7. The molecule has 1 heterocycles. The van der Waals surface area contributed by atoms with Crippen molar-refractivity contribution in [2.75, 3.05) is 6.61 Å². The van der Waals surface area contributed by atoms with Crippen LogP contribution in [0.4, 0.5) is 26.3 Å². The molecule has 11 nitrogen and oxygen atoms in total. The summed E-state index contributed by atoms with van der Waals surface area (Å²) in [6, 6.07) is 9.82. The van der Waals surface area contributed by atoms with E-state index in [9.17, 15) is 36.2 Å². The first-order valence-corrected chi connectivity index (χ1v) is 12.3. The summed E-state index contributed by atoms with van der Waals surface area (Å²) < 4.78 is 107. The summed E-state index contributed by atoms with van der Waals surface area (Å²) in [5, 5.41) is 9.24. The van der Waals surface area contributed by atoms with Crippen LogP contribution in [0.25, 0.3) is 0 Å². The average molecular weight is 606 g/mol. The molecule has 3 rings (SSSR count). The van der Waals surface area contributed by atoms with Crippen molar-refractivity contribution in [2.24, 2.45) is 0 Å². The Labute approximate surface area is 221 Å². The molecule has 0 amide bonds. The predicted octanol–water partition coefficient (Wildman–Crippen LogP) is 3.81. The lowest BCUT2D eigenvalue weighted by Crippen LogP contribution is -2.17. The number of aliphatic hydroxyl groups excluding tert-OH is 1. The van der Waals surface area contributed by atoms with Gasteiger partial charge in [0.05, 0.1) is 0 Å². The van der Waals surface area contributed by atoms with Gasteiger partial charge in [-0.15, -0.1) is 26.3 Å². The smallest absolute Gasteiger partial charge is 0.485 e. The third-order valence-electron chi connectivity index (χ3n) is 4.38. The van der Waals surface area contributed by atoms with E-state index in [-0.39, 0.29) is 48.9 Å². The molecule has 222 valence electrons. The van der Waals surface area contributed by atoms with E-state index >= 15 is 0 Å². The number of benzene rings is 2. The number of aliphatic hydroxyl groups is 1. The molecule has 40 heavy (non-hydrogen) atoms. The number of carbonyl (C=O) groups is 1. The number of esters is 1. The van der Waals surface area contributed by atoms with Gasteiger partial charge in [-0.2, -0.15) is 0 Å². The highest BCUT2D eigenvalue weighted by atomic mass is 31.2. The number of hydrogen-bond donors (Lipinski definition) is 4. The van der Waals surface area contributed by atoms with Crippen LogP contribution < -0.4 is 9.47 Å². The Bertz CT molecular complexity index is 1220. The van der Waals surface area contributed by atoms with Crippen molar-refractivity contribution in [1.82, 2.24) is 0 Å². The van der Waals surface area contributed by atoms with Gasteiger partial charge in [0.2, 0.25) is 5.76 Å². The van der Waals surface area contributed by atoms with Crippen molar-refractivity contribution in [2.45, 2.75) is 38.5 Å². The lowest BCUT2D eigenvalue weighted by atomic mass is 10.2. The largest absolute Gasteiger partial charge is 0.573 e. The molecule has 2 aromatic rings. The zero-order valence-electron chi connectivity index (χ0n) is 19.9. The van der Waals surface area contributed by atoms with E-state index in [1.54, 1.807) is 0 Å². The Morgan fingerprint density at radius 2 is 1.27 bits per heavy atom. The summed E-state index contributed by atoms with van der Waals surface area (Å²) in [5.41, 5.74) is 0.492. The molecular formula is C22H21F6O11P. The first kappa shape index (κ1) is 32.7. The second-order valence-corrected chi connectivity index (χ2v) is 8.61. The first-order chi connectivity index (χ1) is 18.4. The molecule has 4 N–H and O–H groups in total. The molecular weight excluding hydrogens is 585 g/mol. The monoisotopic (exact) mass is 606 g/mol. The molecule has 0 saturated heterocycles. The molecule has 0 bridgehead atoms. The summed E-state index contributed by atoms with van der Waals surface area (Å²) >= 11 is 0. The van der Waals surface area contributed by atoms with Crippen molar-refractivity contribution in [1.29, 1.82) is 0 Å². The quantitative estimate of drug-likeness (QED) is 0.177. The van der Waals surface area contributed by atoms with Gasteiger partial charge in [0, 0.05) is 13.0 Å². The molecule has 2 aromatic carbocycles. The van der Waals surface area contributed by atoms with Crippen LogP contribution in [0.1, 0.15) is 17.5 Å². The minimum atomic E-state index is -4.89. The third-order valence-corrected chi connectivity index (χ3v) is 4.38. The van der Waals surface area contributed by atoms with E-state index in [4.69, 9.17) is 33.5 Å². The summed E-state index contributed by atoms with van der Waals surface area (Å²) in [4.78, 5) is 33.8. The Balaban J connectivity index is 0.00000103. The summed E-state index contributed by atoms with van der Waals surface area (Å²) in [6.45, 7) is -1.04. The van der Waals surface area contributed by atoms with Gasteiger partial charge in [0.25, 0.3) is 0 Å². The zero-order valence-corrected chi connectivity index (χ0v) is 20.8. The third kappa shape index (κ3) is 12.6. The van der Waals surface area contributed by atoms with E-state index < -0.39 is 44.1 Å². The van der Waals surface area contributed by atoms with E-state index in [1.807, 2.05) is 0 Å². The van der Waals surface area contributed by atoms with E-state index in [0.29, 0.717) is 0 Å². The number of carbonyl (C=O) groups excluding carboxylic acids is 1. The van der Waals surface area contributed by atoms with E-state index in [2.05, 4.69) is 9.47 Å². The molecule has 1 aliphatic rings. The minimum absolute atomic E-state index is 0.0555. The van der Waals surface area contributed by atoms with Crippen LogP contribution in [0.5, 0.6) is 11.5 Å². The Kier molecular flexibility index (Phi) is 11.2. The van der Waals surface area contributed by atoms with Crippen molar-refractivity contribution in [3.8, 4) is 11.5 Å². The number of alkyl halides is 6. The number of rotatable bonds is 10. The molecule has 0 spiro atoms. The highest BCUT2D eigenvalue weighted by Gasteiger charge is 2.38. The van der Waals surface area contributed by atoms with Crippen molar-refractivity contribution >= 4 is 13.8 Å². The second kappa shape index (κ2) is 13.7. The van der Waals surface area contributed by atoms with Gasteiger partial charge >= 0.3 is 26.5 Å². The fourth-order valence-corrected chi connectivity index (χ4v) is 3.06. The van der Waals surface area contributed by atoms with Crippen LogP contribution in [-0.2, 0) is 36.8 Å². The maximum atomic E-state index is 12.4. The van der Waals surface area contributed by atoms with Crippen molar-refractivity contribution in [3.63, 3.8) is 0 Å². The van der Waals surface area contributed by atoms with Crippen LogP contribution in [-0.4, -0.2) is 51.2 Å². The van der Waals surface area contributed by atoms with Gasteiger partial charge in [0.1, 0.15) is 24.7 Å². The van der Waals surface area contributed by atoms with E-state index in [0.717, 1.165) is 24.3 Å². The van der Waals surface area contributed by atoms with Gasteiger partial charge < -0.3 is 43.5 Å². The zero-order chi connectivity index (χ0) is 30.1. The minimum Gasteiger partial charge on any atom is -0.485 e. The molecule has 0 saturated carbocycles. The van der Waals surface area contributed by atoms with Gasteiger partial charge in [-0.05, 0) is 35.4 Å². The molecule has 0 aliphatic carbocycles. The molecule has 1 aliphatic heterocycles. The Morgan fingerprint density at radius 3 is 1.70 bits per heavy atom. The van der Waals surface area contributed by atoms with Crippen molar-refractivity contribution in [3.05, 3.63) is 71.2 Å². The molecule has 0 radical (unpaired) electrons. The van der Waals surface area contributed by atoms with Gasteiger partial charge in [-0.1, -0.05) is 24.3 Å². The summed E-state index contributed by atoms with van der Waals surface area (Å²) in [5.74, 6) is -2.40. The molecule has 0 aromatic heterocycles. The SMILES string of the molecule is O=C1OC(CCO)C(OCc2cccc(OC(F)(F)F)c2)=C1OCc1cccc(OC(F)(F)F)c1.O=P(O)(O)O. The van der Waals surface area contributed by atoms with Gasteiger partial charge in [0.15, 0.2) is 11.9 Å². The molecule has 18 heteroatoms. The molecule has 1 unspecified atom stereocenters. The lowest BCUT2D eigenvalue weighted by molar-refractivity contribution is -0.275. The Hall–Kier alpha value is -3.50. The lowest BCUT2D eigenvalue weighted by Gasteiger charge is -2.15. The predicted molar refractivity (Wildman–Crippen MR) is 119 cm³/mol. The molecule has 0 fully saturated rings. The number of halogens is 6. The summed E-state index contributed by atoms with van der Waals surface area (Å²) in [7, 11) is -4.64. The second-order valence-electron chi connectivity index (χ2n) is 7.58. The van der Waals surface area contributed by atoms with Crippen LogP contribution >= 0.6 is 7.82 Å². The highest BCUT2D eigenvalue weighted by Crippen LogP contribution is 2.31. The summed E-state index contributed by atoms with van der Waals surface area (Å²) in [6.07, 6.45) is -10.9. The van der Waals surface area contributed by atoms with Gasteiger partial charge in [-0.25, -0.2) is 9.36 Å². The number of phosphoric acid groups is 1. The van der Waals surface area contributed by atoms with E-state index in [1.165, 1.54) is 24.3 Å². The number of hydrogen-bond acceptors (Lipinski definition) is 8. The standard InChI is InChI=1S/C22H18F6O7.H3O4P/c23-21(24,25)34-15-5-1-3-13(9-15)11-31-18-17(7-8-29)33-20(30)19(18)32-12-14-4-2-6-16(10-14)35-22(26,27)28;1-5(2,3)4/h1-6,9-10,17,29H,7-8,11-12H2;(H3,1,2,3,4). The maximum absolute atomic E-state index is 12.4. The maximum Gasteiger partial charge on any atom is 0.573 e. The Morgan fingerprint density at radius 1 is 0.825 bits per heavy atom. The van der Waals surface area contributed by atoms with Gasteiger partial charge in [-0.3, -0.25) is 0 Å². The van der Waals surface area contributed by atoms with Crippen LogP contribution in [0.2, 0.25) is 0 Å². The topological polar surface area (TPSA) is 161 Å².